The van der Waals surface area contributed by atoms with Crippen molar-refractivity contribution in [2.45, 2.75) is 19.9 Å². The van der Waals surface area contributed by atoms with Crippen molar-refractivity contribution in [2.24, 2.45) is 0 Å². The van der Waals surface area contributed by atoms with Crippen molar-refractivity contribution >= 4 is 10.9 Å². The van der Waals surface area contributed by atoms with Crippen molar-refractivity contribution in [3.05, 3.63) is 92.6 Å². The Balaban J connectivity index is 1.32. The first-order valence-electron chi connectivity index (χ1n) is 11.2. The minimum atomic E-state index is -0.514. The van der Waals surface area contributed by atoms with E-state index in [1.165, 1.54) is 5.56 Å². The highest BCUT2D eigenvalue weighted by Crippen LogP contribution is 2.32. The van der Waals surface area contributed by atoms with Crippen LogP contribution in [0.15, 0.2) is 74.8 Å². The van der Waals surface area contributed by atoms with E-state index in [0.717, 1.165) is 22.1 Å². The van der Waals surface area contributed by atoms with Crippen LogP contribution in [0.1, 0.15) is 18.1 Å². The molecule has 2 aromatic heterocycles. The molecule has 0 amide bonds. The van der Waals surface area contributed by atoms with Gasteiger partial charge < -0.3 is 19.0 Å². The smallest absolute Gasteiger partial charge is 0.329 e. The molecule has 174 valence electrons. The monoisotopic (exact) mass is 468 g/mol. The van der Waals surface area contributed by atoms with E-state index in [0.29, 0.717) is 39.7 Å². The predicted octanol–water partition coefficient (Wildman–Crippen LogP) is 3.75. The summed E-state index contributed by atoms with van der Waals surface area (Å²) in [6.07, 6.45) is 0.950. The Morgan fingerprint density at radius 1 is 0.914 bits per heavy atom. The number of aromatic amines is 1. The summed E-state index contributed by atoms with van der Waals surface area (Å²) in [4.78, 5) is 33.2. The Hall–Kier alpha value is -4.66. The molecule has 0 spiro atoms. The molecule has 0 radical (unpaired) electrons. The van der Waals surface area contributed by atoms with Gasteiger partial charge >= 0.3 is 5.69 Å². The van der Waals surface area contributed by atoms with Gasteiger partial charge in [-0.3, -0.25) is 9.36 Å². The van der Waals surface area contributed by atoms with Crippen LogP contribution >= 0.6 is 0 Å². The molecule has 1 aliphatic heterocycles. The van der Waals surface area contributed by atoms with Gasteiger partial charge in [0.1, 0.15) is 0 Å². The van der Waals surface area contributed by atoms with E-state index in [4.69, 9.17) is 14.0 Å². The molecule has 0 saturated carbocycles. The summed E-state index contributed by atoms with van der Waals surface area (Å²) in [6.45, 7) is 2.36. The van der Waals surface area contributed by atoms with Gasteiger partial charge in [-0.15, -0.1) is 0 Å². The number of H-pyrrole nitrogens is 1. The van der Waals surface area contributed by atoms with Crippen LogP contribution in [0.2, 0.25) is 0 Å². The van der Waals surface area contributed by atoms with Gasteiger partial charge in [-0.1, -0.05) is 42.4 Å². The van der Waals surface area contributed by atoms with E-state index in [2.05, 4.69) is 22.0 Å². The highest BCUT2D eigenvalue weighted by atomic mass is 16.7. The number of aryl methyl sites for hydroxylation is 1. The number of rotatable bonds is 5. The van der Waals surface area contributed by atoms with Crippen LogP contribution in [0.25, 0.3) is 33.7 Å². The van der Waals surface area contributed by atoms with E-state index in [1.54, 1.807) is 36.4 Å². The molecule has 6 rings (SSSR count). The first-order valence-corrected chi connectivity index (χ1v) is 11.2. The molecule has 9 nitrogen and oxygen atoms in total. The largest absolute Gasteiger partial charge is 0.454 e. The van der Waals surface area contributed by atoms with Crippen LogP contribution in [0.3, 0.4) is 0 Å². The zero-order chi connectivity index (χ0) is 23.9. The van der Waals surface area contributed by atoms with E-state index in [1.807, 2.05) is 24.3 Å². The molecule has 0 atom stereocenters. The molecule has 35 heavy (non-hydrogen) atoms. The number of hydrogen-bond acceptors (Lipinski definition) is 7. The van der Waals surface area contributed by atoms with Gasteiger partial charge in [-0.05, 0) is 47.9 Å². The molecule has 3 heterocycles. The number of hydrogen-bond donors (Lipinski definition) is 1. The van der Waals surface area contributed by atoms with Crippen molar-refractivity contribution in [3.63, 3.8) is 0 Å². The molecule has 0 fully saturated rings. The second-order valence-corrected chi connectivity index (χ2v) is 8.24. The highest BCUT2D eigenvalue weighted by molar-refractivity contribution is 5.82. The third-order valence-corrected chi connectivity index (χ3v) is 6.05. The minimum absolute atomic E-state index is 0.104. The van der Waals surface area contributed by atoms with Gasteiger partial charge in [0.05, 0.1) is 17.4 Å². The second kappa shape index (κ2) is 8.28. The van der Waals surface area contributed by atoms with Gasteiger partial charge in [0.25, 0.3) is 11.4 Å². The topological polar surface area (TPSA) is 112 Å². The molecule has 9 heteroatoms. The highest BCUT2D eigenvalue weighted by Gasteiger charge is 2.16. The molecule has 0 bridgehead atoms. The Morgan fingerprint density at radius 2 is 1.69 bits per heavy atom. The first-order chi connectivity index (χ1) is 17.1. The number of benzene rings is 3. The SMILES string of the molecule is CCc1ccc(-c2noc(-c3ccc4c(=O)n(Cc5ccc6c(c5)OCO6)c(=O)[nH]c4c3)n2)cc1. The van der Waals surface area contributed by atoms with Crippen molar-refractivity contribution in [3.8, 4) is 34.3 Å². The number of fused-ring (bicyclic) bond motifs is 2. The summed E-state index contributed by atoms with van der Waals surface area (Å²) in [6, 6.07) is 18.3. The number of aromatic nitrogens is 4. The molecule has 5 aromatic rings. The summed E-state index contributed by atoms with van der Waals surface area (Å²) in [5.41, 5.74) is 2.91. The average molecular weight is 468 g/mol. The summed E-state index contributed by atoms with van der Waals surface area (Å²) in [5, 5.41) is 4.45. The van der Waals surface area contributed by atoms with Crippen LogP contribution in [0.5, 0.6) is 11.5 Å². The summed E-state index contributed by atoms with van der Waals surface area (Å²) in [5.74, 6) is 2.00. The van der Waals surface area contributed by atoms with Gasteiger partial charge in [0.2, 0.25) is 12.6 Å². The van der Waals surface area contributed by atoms with Crippen LogP contribution in [-0.2, 0) is 13.0 Å². The van der Waals surface area contributed by atoms with Crippen LogP contribution in [-0.4, -0.2) is 26.5 Å². The average Bonchev–Trinajstić information content (AvgIpc) is 3.56. The lowest BCUT2D eigenvalue weighted by Gasteiger charge is -2.08. The van der Waals surface area contributed by atoms with Gasteiger partial charge in [0, 0.05) is 11.1 Å². The Morgan fingerprint density at radius 3 is 2.51 bits per heavy atom. The maximum absolute atomic E-state index is 13.1. The third kappa shape index (κ3) is 3.76. The summed E-state index contributed by atoms with van der Waals surface area (Å²) >= 11 is 0. The molecular weight excluding hydrogens is 448 g/mol. The zero-order valence-corrected chi connectivity index (χ0v) is 18.8. The molecule has 0 saturated heterocycles. The normalized spacial score (nSPS) is 12.4. The second-order valence-electron chi connectivity index (χ2n) is 8.24. The first kappa shape index (κ1) is 20.9. The van der Waals surface area contributed by atoms with Crippen molar-refractivity contribution in [1.82, 2.24) is 19.7 Å². The lowest BCUT2D eigenvalue weighted by molar-refractivity contribution is 0.174. The zero-order valence-electron chi connectivity index (χ0n) is 18.8. The van der Waals surface area contributed by atoms with Crippen molar-refractivity contribution < 1.29 is 14.0 Å². The molecule has 3 aromatic carbocycles. The fourth-order valence-corrected chi connectivity index (χ4v) is 4.10. The van der Waals surface area contributed by atoms with E-state index < -0.39 is 11.2 Å². The fraction of sp³-hybridized carbons (Fsp3) is 0.154. The van der Waals surface area contributed by atoms with Crippen molar-refractivity contribution in [2.75, 3.05) is 6.79 Å². The van der Waals surface area contributed by atoms with Gasteiger partial charge in [-0.2, -0.15) is 4.98 Å². The molecule has 0 unspecified atom stereocenters. The predicted molar refractivity (Wildman–Crippen MR) is 129 cm³/mol. The molecule has 1 aliphatic rings. The summed E-state index contributed by atoms with van der Waals surface area (Å²) in [7, 11) is 0. The number of nitrogens with zero attached hydrogens (tertiary/aromatic N) is 3. The van der Waals surface area contributed by atoms with Crippen LogP contribution in [0.4, 0.5) is 0 Å². The lowest BCUT2D eigenvalue weighted by Crippen LogP contribution is -2.35. The number of ether oxygens (including phenoxy) is 2. The van der Waals surface area contributed by atoms with Crippen LogP contribution < -0.4 is 20.7 Å². The minimum Gasteiger partial charge on any atom is -0.454 e. The standard InChI is InChI=1S/C26H20N4O5/c1-2-15-3-6-17(7-4-15)23-28-24(35-29-23)18-8-9-19-20(12-18)27-26(32)30(25(19)31)13-16-5-10-21-22(11-16)34-14-33-21/h3-12H,2,13-14H2,1H3,(H,27,32). The van der Waals surface area contributed by atoms with Crippen molar-refractivity contribution in [1.29, 1.82) is 0 Å². The Bertz CT molecular complexity index is 1680. The fourth-order valence-electron chi connectivity index (χ4n) is 4.10. The van der Waals surface area contributed by atoms with Crippen LogP contribution in [0, 0.1) is 0 Å². The maximum Gasteiger partial charge on any atom is 0.329 e. The maximum atomic E-state index is 13.1. The van der Waals surface area contributed by atoms with E-state index in [-0.39, 0.29) is 13.3 Å². The quantitative estimate of drug-likeness (QED) is 0.418. The summed E-state index contributed by atoms with van der Waals surface area (Å²) < 4.78 is 17.3. The third-order valence-electron chi connectivity index (χ3n) is 6.05. The lowest BCUT2D eigenvalue weighted by atomic mass is 10.1. The molecule has 0 aliphatic carbocycles. The van der Waals surface area contributed by atoms with E-state index in [9.17, 15) is 9.59 Å². The number of nitrogens with one attached hydrogen (secondary N) is 1. The molecule has 1 N–H and O–H groups in total. The Labute approximate surface area is 198 Å². The molecular formula is C26H20N4O5. The van der Waals surface area contributed by atoms with Gasteiger partial charge in [-0.25, -0.2) is 4.79 Å². The van der Waals surface area contributed by atoms with E-state index >= 15 is 0 Å². The van der Waals surface area contributed by atoms with Gasteiger partial charge in [0.15, 0.2) is 11.5 Å². The Kier molecular flexibility index (Phi) is 4.95.